The van der Waals surface area contributed by atoms with Crippen molar-refractivity contribution >= 4 is 21.7 Å². The lowest BCUT2D eigenvalue weighted by Crippen LogP contribution is -2.13. The Morgan fingerprint density at radius 2 is 1.72 bits per heavy atom. The van der Waals surface area contributed by atoms with E-state index in [2.05, 4.69) is 4.72 Å². The first-order valence-electron chi connectivity index (χ1n) is 7.39. The van der Waals surface area contributed by atoms with Gasteiger partial charge in [0.25, 0.3) is 10.0 Å². The molecule has 0 aliphatic heterocycles. The van der Waals surface area contributed by atoms with Gasteiger partial charge in [-0.2, -0.15) is 0 Å². The number of benzene rings is 2. The highest BCUT2D eigenvalue weighted by Gasteiger charge is 2.18. The third-order valence-corrected chi connectivity index (χ3v) is 5.10. The van der Waals surface area contributed by atoms with Gasteiger partial charge in [-0.15, -0.1) is 0 Å². The summed E-state index contributed by atoms with van der Waals surface area (Å²) in [6.07, 6.45) is 0. The van der Waals surface area contributed by atoms with E-state index < -0.39 is 16.0 Å². The van der Waals surface area contributed by atoms with Gasteiger partial charge < -0.3 is 9.52 Å². The van der Waals surface area contributed by atoms with Crippen LogP contribution < -0.4 is 4.72 Å². The standard InChI is InChI=1S/C18H15NO5S/c1-12-14(16-10-11-17(24-16)18(20)21)8-5-9-15(12)19-25(22,23)13-6-3-2-4-7-13/h2-11,19H,1H3,(H,20,21). The van der Waals surface area contributed by atoms with Crippen molar-refractivity contribution in [2.75, 3.05) is 4.72 Å². The highest BCUT2D eigenvalue weighted by atomic mass is 32.2. The molecule has 0 spiro atoms. The second kappa shape index (κ2) is 6.45. The fourth-order valence-electron chi connectivity index (χ4n) is 2.41. The van der Waals surface area contributed by atoms with Gasteiger partial charge in [0.2, 0.25) is 5.76 Å². The van der Waals surface area contributed by atoms with Crippen molar-refractivity contribution < 1.29 is 22.7 Å². The van der Waals surface area contributed by atoms with Crippen LogP contribution in [0.25, 0.3) is 11.3 Å². The zero-order valence-corrected chi connectivity index (χ0v) is 14.1. The molecular formula is C18H15NO5S. The quantitative estimate of drug-likeness (QED) is 0.725. The van der Waals surface area contributed by atoms with Crippen molar-refractivity contribution in [3.8, 4) is 11.3 Å². The molecule has 0 saturated carbocycles. The number of hydrogen-bond donors (Lipinski definition) is 2. The van der Waals surface area contributed by atoms with E-state index in [1.165, 1.54) is 18.2 Å². The Morgan fingerprint density at radius 1 is 1.00 bits per heavy atom. The van der Waals surface area contributed by atoms with Gasteiger partial charge in [0.15, 0.2) is 0 Å². The first-order valence-corrected chi connectivity index (χ1v) is 8.88. The molecule has 2 N–H and O–H groups in total. The van der Waals surface area contributed by atoms with Gasteiger partial charge in [-0.3, -0.25) is 4.72 Å². The summed E-state index contributed by atoms with van der Waals surface area (Å²) in [4.78, 5) is 11.1. The minimum absolute atomic E-state index is 0.158. The molecule has 2 aromatic carbocycles. The Balaban J connectivity index is 1.98. The van der Waals surface area contributed by atoms with Crippen molar-refractivity contribution in [3.63, 3.8) is 0 Å². The maximum Gasteiger partial charge on any atom is 0.371 e. The topological polar surface area (TPSA) is 96.6 Å². The predicted molar refractivity (Wildman–Crippen MR) is 93.1 cm³/mol. The molecular weight excluding hydrogens is 342 g/mol. The van der Waals surface area contributed by atoms with Crippen LogP contribution in [0, 0.1) is 6.92 Å². The van der Waals surface area contributed by atoms with E-state index in [0.717, 1.165) is 0 Å². The van der Waals surface area contributed by atoms with Crippen molar-refractivity contribution in [1.82, 2.24) is 0 Å². The van der Waals surface area contributed by atoms with Crippen LogP contribution >= 0.6 is 0 Å². The molecule has 0 amide bonds. The van der Waals surface area contributed by atoms with Crippen molar-refractivity contribution in [3.05, 3.63) is 72.0 Å². The maximum atomic E-state index is 12.5. The highest BCUT2D eigenvalue weighted by Crippen LogP contribution is 2.31. The van der Waals surface area contributed by atoms with Gasteiger partial charge in [0.05, 0.1) is 10.6 Å². The van der Waals surface area contributed by atoms with Gasteiger partial charge in [0.1, 0.15) is 5.76 Å². The molecule has 25 heavy (non-hydrogen) atoms. The van der Waals surface area contributed by atoms with Crippen LogP contribution in [0.1, 0.15) is 16.1 Å². The van der Waals surface area contributed by atoms with Gasteiger partial charge >= 0.3 is 5.97 Å². The minimum atomic E-state index is -3.72. The molecule has 7 heteroatoms. The fraction of sp³-hybridized carbons (Fsp3) is 0.0556. The summed E-state index contributed by atoms with van der Waals surface area (Å²) in [5, 5.41) is 8.96. The molecule has 1 aromatic heterocycles. The van der Waals surface area contributed by atoms with Gasteiger partial charge in [-0.1, -0.05) is 30.3 Å². The molecule has 0 fully saturated rings. The van der Waals surface area contributed by atoms with E-state index in [1.54, 1.807) is 49.4 Å². The number of anilines is 1. The van der Waals surface area contributed by atoms with Crippen molar-refractivity contribution in [1.29, 1.82) is 0 Å². The monoisotopic (exact) mass is 357 g/mol. The number of carbonyl (C=O) groups is 1. The van der Waals surface area contributed by atoms with Gasteiger partial charge in [-0.25, -0.2) is 13.2 Å². The number of carboxylic acid groups (broad SMARTS) is 1. The second-order valence-corrected chi connectivity index (χ2v) is 7.05. The fourth-order valence-corrected chi connectivity index (χ4v) is 3.56. The summed E-state index contributed by atoms with van der Waals surface area (Å²) in [6, 6.07) is 16.0. The smallest absolute Gasteiger partial charge is 0.371 e. The average molecular weight is 357 g/mol. The van der Waals surface area contributed by atoms with Crippen LogP contribution in [0.3, 0.4) is 0 Å². The molecule has 6 nitrogen and oxygen atoms in total. The lowest BCUT2D eigenvalue weighted by Gasteiger charge is -2.13. The van der Waals surface area contributed by atoms with Crippen LogP contribution in [0.4, 0.5) is 5.69 Å². The SMILES string of the molecule is Cc1c(NS(=O)(=O)c2ccccc2)cccc1-c1ccc(C(=O)O)o1. The minimum Gasteiger partial charge on any atom is -0.475 e. The number of furan rings is 1. The summed E-state index contributed by atoms with van der Waals surface area (Å²) >= 11 is 0. The van der Waals surface area contributed by atoms with Crippen molar-refractivity contribution in [2.24, 2.45) is 0 Å². The van der Waals surface area contributed by atoms with Crippen LogP contribution in [-0.2, 0) is 10.0 Å². The van der Waals surface area contributed by atoms with Crippen LogP contribution in [0.2, 0.25) is 0 Å². The summed E-state index contributed by atoms with van der Waals surface area (Å²) in [5.41, 5.74) is 1.64. The number of aromatic carboxylic acids is 1. The summed E-state index contributed by atoms with van der Waals surface area (Å²) in [5.74, 6) is -0.981. The number of carboxylic acids is 1. The Labute approximate surface area is 144 Å². The summed E-state index contributed by atoms with van der Waals surface area (Å²) in [7, 11) is -3.72. The van der Waals surface area contributed by atoms with Crippen LogP contribution in [0.5, 0.6) is 0 Å². The maximum absolute atomic E-state index is 12.5. The van der Waals surface area contributed by atoms with Crippen LogP contribution in [-0.4, -0.2) is 19.5 Å². The number of nitrogens with one attached hydrogen (secondary N) is 1. The lowest BCUT2D eigenvalue weighted by molar-refractivity contribution is 0.0663. The third-order valence-electron chi connectivity index (χ3n) is 3.71. The molecule has 3 aromatic rings. The number of sulfonamides is 1. The summed E-state index contributed by atoms with van der Waals surface area (Å²) < 4.78 is 32.8. The molecule has 0 saturated heterocycles. The second-order valence-electron chi connectivity index (χ2n) is 5.37. The van der Waals surface area contributed by atoms with Gasteiger partial charge in [0, 0.05) is 5.56 Å². The molecule has 0 unspecified atom stereocenters. The molecule has 0 radical (unpaired) electrons. The Bertz CT molecular complexity index is 1020. The molecule has 0 atom stereocenters. The van der Waals surface area contributed by atoms with E-state index in [1.807, 2.05) is 0 Å². The lowest BCUT2D eigenvalue weighted by atomic mass is 10.1. The highest BCUT2D eigenvalue weighted by molar-refractivity contribution is 7.92. The molecule has 0 aliphatic carbocycles. The Morgan fingerprint density at radius 3 is 2.36 bits per heavy atom. The normalized spacial score (nSPS) is 11.2. The van der Waals surface area contributed by atoms with E-state index >= 15 is 0 Å². The molecule has 128 valence electrons. The van der Waals surface area contributed by atoms with E-state index in [4.69, 9.17) is 9.52 Å². The van der Waals surface area contributed by atoms with E-state index in [0.29, 0.717) is 22.6 Å². The molecule has 1 heterocycles. The zero-order valence-electron chi connectivity index (χ0n) is 13.3. The Hall–Kier alpha value is -3.06. The molecule has 3 rings (SSSR count). The average Bonchev–Trinajstić information content (AvgIpc) is 3.07. The van der Waals surface area contributed by atoms with Crippen molar-refractivity contribution in [2.45, 2.75) is 11.8 Å². The molecule has 0 aliphatic rings. The largest absolute Gasteiger partial charge is 0.475 e. The van der Waals surface area contributed by atoms with E-state index in [9.17, 15) is 13.2 Å². The first kappa shape index (κ1) is 16.8. The van der Waals surface area contributed by atoms with E-state index in [-0.39, 0.29) is 10.7 Å². The van der Waals surface area contributed by atoms with Crippen LogP contribution in [0.15, 0.2) is 70.0 Å². The first-order chi connectivity index (χ1) is 11.9. The molecule has 0 bridgehead atoms. The Kier molecular flexibility index (Phi) is 4.33. The zero-order chi connectivity index (χ0) is 18.0. The van der Waals surface area contributed by atoms with Gasteiger partial charge in [-0.05, 0) is 42.8 Å². The number of rotatable bonds is 5. The number of hydrogen-bond acceptors (Lipinski definition) is 4. The summed E-state index contributed by atoms with van der Waals surface area (Å²) in [6.45, 7) is 1.74. The third kappa shape index (κ3) is 3.41. The predicted octanol–water partition coefficient (Wildman–Crippen LogP) is 3.75.